The van der Waals surface area contributed by atoms with E-state index in [2.05, 4.69) is 15.6 Å². The van der Waals surface area contributed by atoms with Gasteiger partial charge in [0.05, 0.1) is 14.6 Å². The third-order valence-corrected chi connectivity index (χ3v) is 6.14. The van der Waals surface area contributed by atoms with Crippen molar-refractivity contribution in [3.8, 4) is 0 Å². The van der Waals surface area contributed by atoms with E-state index in [4.69, 9.17) is 23.8 Å². The second kappa shape index (κ2) is 8.50. The SMILES string of the molecule is O=C(NC(=S)Nc1nc2c(Cl)cccc2s1)c1ccc(N2CCCC2)c([N+](=O)[O-])c1. The topological polar surface area (TPSA) is 100 Å². The lowest BCUT2D eigenvalue weighted by molar-refractivity contribution is -0.384. The van der Waals surface area contributed by atoms with Crippen molar-refractivity contribution in [2.24, 2.45) is 0 Å². The van der Waals surface area contributed by atoms with Gasteiger partial charge in [0.1, 0.15) is 11.2 Å². The molecule has 0 bridgehead atoms. The predicted octanol–water partition coefficient (Wildman–Crippen LogP) is 4.58. The molecule has 0 radical (unpaired) electrons. The van der Waals surface area contributed by atoms with Crippen LogP contribution < -0.4 is 15.5 Å². The Balaban J connectivity index is 1.48. The first-order valence-corrected chi connectivity index (χ1v) is 10.7. The monoisotopic (exact) mass is 461 g/mol. The molecule has 154 valence electrons. The van der Waals surface area contributed by atoms with Gasteiger partial charge in [-0.2, -0.15) is 0 Å². The van der Waals surface area contributed by atoms with E-state index in [1.165, 1.54) is 17.4 Å². The van der Waals surface area contributed by atoms with E-state index in [-0.39, 0.29) is 16.4 Å². The van der Waals surface area contributed by atoms with Gasteiger partial charge in [-0.3, -0.25) is 20.2 Å². The number of nitrogens with one attached hydrogen (secondary N) is 2. The molecule has 0 atom stereocenters. The number of fused-ring (bicyclic) bond motifs is 1. The van der Waals surface area contributed by atoms with Crippen molar-refractivity contribution in [3.63, 3.8) is 0 Å². The zero-order chi connectivity index (χ0) is 21.3. The normalized spacial score (nSPS) is 13.4. The Morgan fingerprint density at radius 2 is 2.03 bits per heavy atom. The minimum atomic E-state index is -0.539. The number of halogens is 1. The Morgan fingerprint density at radius 1 is 1.27 bits per heavy atom. The molecule has 3 aromatic rings. The second-order valence-corrected chi connectivity index (χ2v) is 8.51. The highest BCUT2D eigenvalue weighted by atomic mass is 35.5. The number of benzene rings is 2. The molecule has 2 aromatic carbocycles. The molecule has 1 amide bonds. The third-order valence-electron chi connectivity index (χ3n) is 4.70. The van der Waals surface area contributed by atoms with Gasteiger partial charge in [0.2, 0.25) is 0 Å². The van der Waals surface area contributed by atoms with E-state index >= 15 is 0 Å². The standard InChI is InChI=1S/C19H16ClN5O3S2/c20-12-4-3-5-15-16(12)21-19(30-15)23-18(29)22-17(26)11-6-7-13(14(10-11)25(27)28)24-8-1-2-9-24/h3-7,10H,1-2,8-9H2,(H2,21,22,23,26,29). The van der Waals surface area contributed by atoms with Crippen LogP contribution in [-0.4, -0.2) is 34.0 Å². The number of amides is 1. The van der Waals surface area contributed by atoms with Gasteiger partial charge >= 0.3 is 0 Å². The smallest absolute Gasteiger partial charge is 0.293 e. The molecule has 1 aromatic heterocycles. The van der Waals surface area contributed by atoms with E-state index in [0.29, 0.717) is 21.4 Å². The van der Waals surface area contributed by atoms with Crippen LogP contribution in [0.15, 0.2) is 36.4 Å². The quantitative estimate of drug-likeness (QED) is 0.333. The third kappa shape index (κ3) is 4.20. The Morgan fingerprint density at radius 3 is 2.73 bits per heavy atom. The molecular formula is C19H16ClN5O3S2. The molecule has 0 saturated carbocycles. The molecule has 1 fully saturated rings. The highest BCUT2D eigenvalue weighted by molar-refractivity contribution is 7.80. The molecule has 30 heavy (non-hydrogen) atoms. The second-order valence-electron chi connectivity index (χ2n) is 6.67. The van der Waals surface area contributed by atoms with Crippen molar-refractivity contribution in [1.82, 2.24) is 10.3 Å². The van der Waals surface area contributed by atoms with Gasteiger partial charge < -0.3 is 10.2 Å². The maximum atomic E-state index is 12.6. The van der Waals surface area contributed by atoms with Crippen LogP contribution >= 0.6 is 35.2 Å². The van der Waals surface area contributed by atoms with E-state index in [0.717, 1.165) is 30.6 Å². The summed E-state index contributed by atoms with van der Waals surface area (Å²) in [5, 5.41) is 18.0. The minimum Gasteiger partial charge on any atom is -0.366 e. The summed E-state index contributed by atoms with van der Waals surface area (Å²) in [7, 11) is 0. The molecule has 0 spiro atoms. The molecule has 1 saturated heterocycles. The summed E-state index contributed by atoms with van der Waals surface area (Å²) < 4.78 is 0.882. The van der Waals surface area contributed by atoms with Crippen molar-refractivity contribution < 1.29 is 9.72 Å². The summed E-state index contributed by atoms with van der Waals surface area (Å²) in [4.78, 5) is 30.0. The number of nitro benzene ring substituents is 1. The van der Waals surface area contributed by atoms with Crippen LogP contribution in [0.4, 0.5) is 16.5 Å². The average molecular weight is 462 g/mol. The fraction of sp³-hybridized carbons (Fsp3) is 0.211. The van der Waals surface area contributed by atoms with Crippen LogP contribution in [0.25, 0.3) is 10.2 Å². The molecule has 2 N–H and O–H groups in total. The summed E-state index contributed by atoms with van der Waals surface area (Å²) in [5.41, 5.74) is 1.24. The number of para-hydroxylation sites is 1. The number of anilines is 2. The maximum absolute atomic E-state index is 12.6. The predicted molar refractivity (Wildman–Crippen MR) is 123 cm³/mol. The van der Waals surface area contributed by atoms with Gasteiger partial charge in [-0.25, -0.2) is 4.98 Å². The number of hydrogen-bond donors (Lipinski definition) is 2. The van der Waals surface area contributed by atoms with Crippen LogP contribution in [0.5, 0.6) is 0 Å². The van der Waals surface area contributed by atoms with Crippen molar-refractivity contribution in [3.05, 3.63) is 57.1 Å². The molecule has 1 aliphatic heterocycles. The van der Waals surface area contributed by atoms with Crippen molar-refractivity contribution in [1.29, 1.82) is 0 Å². The summed E-state index contributed by atoms with van der Waals surface area (Å²) in [5.74, 6) is -0.539. The first-order valence-electron chi connectivity index (χ1n) is 9.13. The van der Waals surface area contributed by atoms with Gasteiger partial charge in [0.25, 0.3) is 11.6 Å². The summed E-state index contributed by atoms with van der Waals surface area (Å²) in [6, 6.07) is 9.91. The molecule has 0 aliphatic carbocycles. The van der Waals surface area contributed by atoms with Crippen molar-refractivity contribution in [2.45, 2.75) is 12.8 Å². The van der Waals surface area contributed by atoms with E-state index < -0.39 is 10.8 Å². The fourth-order valence-corrected chi connectivity index (χ4v) is 4.73. The van der Waals surface area contributed by atoms with Crippen LogP contribution in [0.2, 0.25) is 5.02 Å². The van der Waals surface area contributed by atoms with Crippen molar-refractivity contribution >= 4 is 72.9 Å². The number of aromatic nitrogens is 1. The first kappa shape index (κ1) is 20.5. The minimum absolute atomic E-state index is 0.0430. The number of thiocarbonyl (C=S) groups is 1. The summed E-state index contributed by atoms with van der Waals surface area (Å²) >= 11 is 12.7. The number of nitro groups is 1. The van der Waals surface area contributed by atoms with Gasteiger partial charge in [-0.05, 0) is 49.3 Å². The van der Waals surface area contributed by atoms with Crippen molar-refractivity contribution in [2.75, 3.05) is 23.3 Å². The molecular weight excluding hydrogens is 446 g/mol. The first-order chi connectivity index (χ1) is 14.4. The molecule has 0 unspecified atom stereocenters. The molecule has 11 heteroatoms. The number of carbonyl (C=O) groups is 1. The summed E-state index contributed by atoms with van der Waals surface area (Å²) in [6.45, 7) is 1.54. The van der Waals surface area contributed by atoms with Gasteiger partial charge in [0.15, 0.2) is 10.2 Å². The van der Waals surface area contributed by atoms with Crippen LogP contribution in [-0.2, 0) is 0 Å². The van der Waals surface area contributed by atoms with Crippen LogP contribution in [0.1, 0.15) is 23.2 Å². The van der Waals surface area contributed by atoms with Gasteiger partial charge in [-0.1, -0.05) is 29.0 Å². The van der Waals surface area contributed by atoms with Gasteiger partial charge in [0, 0.05) is 24.7 Å². The highest BCUT2D eigenvalue weighted by Gasteiger charge is 2.24. The van der Waals surface area contributed by atoms with Crippen LogP contribution in [0, 0.1) is 10.1 Å². The average Bonchev–Trinajstić information content (AvgIpc) is 3.37. The Hall–Kier alpha value is -2.82. The number of carbonyl (C=O) groups excluding carboxylic acids is 1. The zero-order valence-electron chi connectivity index (χ0n) is 15.6. The number of nitrogens with zero attached hydrogens (tertiary/aromatic N) is 3. The lowest BCUT2D eigenvalue weighted by atomic mass is 10.1. The van der Waals surface area contributed by atoms with E-state index in [9.17, 15) is 14.9 Å². The number of rotatable bonds is 4. The van der Waals surface area contributed by atoms with E-state index in [1.54, 1.807) is 18.2 Å². The van der Waals surface area contributed by atoms with Crippen LogP contribution in [0.3, 0.4) is 0 Å². The molecule has 2 heterocycles. The summed E-state index contributed by atoms with van der Waals surface area (Å²) in [6.07, 6.45) is 1.99. The lowest BCUT2D eigenvalue weighted by Crippen LogP contribution is -2.34. The highest BCUT2D eigenvalue weighted by Crippen LogP contribution is 2.32. The van der Waals surface area contributed by atoms with E-state index in [1.807, 2.05) is 17.0 Å². The number of hydrogen-bond acceptors (Lipinski definition) is 7. The molecule has 8 nitrogen and oxygen atoms in total. The Bertz CT molecular complexity index is 1160. The fourth-order valence-electron chi connectivity index (χ4n) is 3.31. The molecule has 4 rings (SSSR count). The Labute approximate surface area is 186 Å². The Kier molecular flexibility index (Phi) is 5.80. The molecule has 1 aliphatic rings. The maximum Gasteiger partial charge on any atom is 0.293 e. The largest absolute Gasteiger partial charge is 0.366 e. The number of thiazole rings is 1. The van der Waals surface area contributed by atoms with Gasteiger partial charge in [-0.15, -0.1) is 0 Å². The lowest BCUT2D eigenvalue weighted by Gasteiger charge is -2.17. The zero-order valence-corrected chi connectivity index (χ0v) is 17.9.